The van der Waals surface area contributed by atoms with Crippen LogP contribution in [0.4, 0.5) is 0 Å². The van der Waals surface area contributed by atoms with E-state index in [0.29, 0.717) is 12.0 Å². The molecular weight excluding hydrogens is 232 g/mol. The molecule has 4 nitrogen and oxygen atoms in total. The van der Waals surface area contributed by atoms with Crippen LogP contribution in [-0.2, 0) is 9.59 Å². The summed E-state index contributed by atoms with van der Waals surface area (Å²) < 4.78 is 0. The molecule has 102 valence electrons. The molecule has 0 aromatic carbocycles. The molecule has 0 atom stereocenters. The Labute approximate surface area is 108 Å². The molecule has 0 aromatic heterocycles. The molecule has 1 aliphatic rings. The van der Waals surface area contributed by atoms with Gasteiger partial charge in [-0.3, -0.25) is 0 Å². The van der Waals surface area contributed by atoms with Gasteiger partial charge in [-0.05, 0) is 36.7 Å². The van der Waals surface area contributed by atoms with Crippen LogP contribution in [0, 0.1) is 5.41 Å². The van der Waals surface area contributed by atoms with E-state index in [2.05, 4.69) is 0 Å². The Morgan fingerprint density at radius 1 is 1.00 bits per heavy atom. The minimum atomic E-state index is -1.31. The second-order valence-corrected chi connectivity index (χ2v) is 5.01. The Hall–Kier alpha value is -1.32. The molecule has 0 aliphatic heterocycles. The van der Waals surface area contributed by atoms with Gasteiger partial charge in [-0.15, -0.1) is 0 Å². The summed E-state index contributed by atoms with van der Waals surface area (Å²) in [5.74, 6) is -2.62. The monoisotopic (exact) mass is 254 g/mol. The first-order valence-electron chi connectivity index (χ1n) is 6.68. The fraction of sp³-hybridized carbons (Fsp3) is 0.714. The molecule has 2 N–H and O–H groups in total. The number of allylic oxidation sites excluding steroid dienone is 1. The number of carbonyl (C=O) groups is 2. The van der Waals surface area contributed by atoms with Gasteiger partial charge in [0.25, 0.3) is 0 Å². The average Bonchev–Trinajstić information content (AvgIpc) is 2.35. The van der Waals surface area contributed by atoms with Crippen LogP contribution in [0.25, 0.3) is 0 Å². The zero-order valence-electron chi connectivity index (χ0n) is 11.2. The van der Waals surface area contributed by atoms with E-state index in [0.717, 1.165) is 38.5 Å². The molecule has 0 unspecified atom stereocenters. The third-order valence-corrected chi connectivity index (χ3v) is 4.21. The van der Waals surface area contributed by atoms with Crippen LogP contribution >= 0.6 is 0 Å². The number of carboxylic acids is 2. The van der Waals surface area contributed by atoms with Gasteiger partial charge in [-0.1, -0.05) is 33.1 Å². The third kappa shape index (κ3) is 2.74. The smallest absolute Gasteiger partial charge is 0.343 e. The van der Waals surface area contributed by atoms with Gasteiger partial charge in [0.1, 0.15) is 5.57 Å². The Morgan fingerprint density at radius 2 is 1.50 bits per heavy atom. The highest BCUT2D eigenvalue weighted by Crippen LogP contribution is 2.47. The summed E-state index contributed by atoms with van der Waals surface area (Å²) in [5, 5.41) is 18.3. The molecule has 0 saturated heterocycles. The number of rotatable bonds is 5. The lowest BCUT2D eigenvalue weighted by Crippen LogP contribution is -2.30. The van der Waals surface area contributed by atoms with Gasteiger partial charge < -0.3 is 10.2 Å². The number of carboxylic acid groups (broad SMARTS) is 2. The summed E-state index contributed by atoms with van der Waals surface area (Å²) in [6.45, 7) is 3.88. The normalized spacial score (nSPS) is 18.1. The van der Waals surface area contributed by atoms with Crippen molar-refractivity contribution in [2.45, 2.75) is 58.8 Å². The average molecular weight is 254 g/mol. The molecular formula is C14H22O4. The van der Waals surface area contributed by atoms with E-state index in [4.69, 9.17) is 10.2 Å². The molecule has 1 fully saturated rings. The molecule has 0 radical (unpaired) electrons. The summed E-state index contributed by atoms with van der Waals surface area (Å²) in [6.07, 6.45) is 6.43. The van der Waals surface area contributed by atoms with Crippen molar-refractivity contribution < 1.29 is 19.8 Å². The molecule has 0 amide bonds. The van der Waals surface area contributed by atoms with Crippen LogP contribution in [0.15, 0.2) is 11.1 Å². The zero-order chi connectivity index (χ0) is 13.8. The largest absolute Gasteiger partial charge is 0.477 e. The summed E-state index contributed by atoms with van der Waals surface area (Å²) in [7, 11) is 0. The lowest BCUT2D eigenvalue weighted by Gasteiger charge is -2.39. The molecule has 0 bridgehead atoms. The van der Waals surface area contributed by atoms with Crippen LogP contribution in [0.3, 0.4) is 0 Å². The van der Waals surface area contributed by atoms with Gasteiger partial charge in [0.05, 0.1) is 0 Å². The van der Waals surface area contributed by atoms with Crippen LogP contribution in [0.1, 0.15) is 58.8 Å². The second-order valence-electron chi connectivity index (χ2n) is 5.01. The molecule has 1 saturated carbocycles. The summed E-state index contributed by atoms with van der Waals surface area (Å²) in [6, 6.07) is 0. The van der Waals surface area contributed by atoms with Gasteiger partial charge in [0.2, 0.25) is 0 Å². The molecule has 1 aliphatic carbocycles. The predicted octanol–water partition coefficient (Wildman–Crippen LogP) is 3.22. The quantitative estimate of drug-likeness (QED) is 0.449. The van der Waals surface area contributed by atoms with Crippen molar-refractivity contribution in [1.82, 2.24) is 0 Å². The first-order chi connectivity index (χ1) is 8.48. The van der Waals surface area contributed by atoms with E-state index >= 15 is 0 Å². The van der Waals surface area contributed by atoms with Gasteiger partial charge in [-0.25, -0.2) is 9.59 Å². The van der Waals surface area contributed by atoms with Crippen molar-refractivity contribution in [3.63, 3.8) is 0 Å². The summed E-state index contributed by atoms with van der Waals surface area (Å²) in [5.41, 5.74) is 0.0185. The summed E-state index contributed by atoms with van der Waals surface area (Å²) >= 11 is 0. The lowest BCUT2D eigenvalue weighted by atomic mass is 9.65. The molecule has 4 heteroatoms. The topological polar surface area (TPSA) is 74.6 Å². The maximum absolute atomic E-state index is 11.2. The van der Waals surface area contributed by atoms with E-state index in [1.165, 1.54) is 0 Å². The van der Waals surface area contributed by atoms with Gasteiger partial charge in [-0.2, -0.15) is 0 Å². The minimum Gasteiger partial charge on any atom is -0.477 e. The minimum absolute atomic E-state index is 0.209. The first-order valence-corrected chi connectivity index (χ1v) is 6.68. The molecule has 0 spiro atoms. The van der Waals surface area contributed by atoms with Crippen LogP contribution in [0.2, 0.25) is 0 Å². The van der Waals surface area contributed by atoms with E-state index in [9.17, 15) is 9.59 Å². The Bertz CT molecular complexity index is 346. The Kier molecular flexibility index (Phi) is 4.93. The zero-order valence-corrected chi connectivity index (χ0v) is 11.2. The molecule has 18 heavy (non-hydrogen) atoms. The van der Waals surface area contributed by atoms with Crippen LogP contribution in [0.5, 0.6) is 0 Å². The van der Waals surface area contributed by atoms with Crippen molar-refractivity contribution in [2.24, 2.45) is 5.41 Å². The van der Waals surface area contributed by atoms with Crippen LogP contribution in [-0.4, -0.2) is 22.2 Å². The van der Waals surface area contributed by atoms with E-state index < -0.39 is 17.5 Å². The summed E-state index contributed by atoms with van der Waals surface area (Å²) in [4.78, 5) is 22.4. The third-order valence-electron chi connectivity index (χ3n) is 4.21. The fourth-order valence-corrected chi connectivity index (χ4v) is 3.26. The van der Waals surface area contributed by atoms with Crippen molar-refractivity contribution in [3.8, 4) is 0 Å². The van der Waals surface area contributed by atoms with E-state index in [1.54, 1.807) is 0 Å². The Morgan fingerprint density at radius 3 is 1.83 bits per heavy atom. The highest BCUT2D eigenvalue weighted by molar-refractivity contribution is 6.13. The molecule has 1 rings (SSSR count). The maximum Gasteiger partial charge on any atom is 0.343 e. The van der Waals surface area contributed by atoms with Gasteiger partial charge in [0, 0.05) is 0 Å². The number of hydrogen-bond acceptors (Lipinski definition) is 2. The van der Waals surface area contributed by atoms with Gasteiger partial charge >= 0.3 is 11.9 Å². The van der Waals surface area contributed by atoms with Crippen molar-refractivity contribution in [1.29, 1.82) is 0 Å². The highest BCUT2D eigenvalue weighted by Gasteiger charge is 2.38. The first kappa shape index (κ1) is 14.7. The van der Waals surface area contributed by atoms with Crippen molar-refractivity contribution in [2.75, 3.05) is 0 Å². The standard InChI is InChI=1S/C14H22O4/c1-3-10(11(12(15)16)13(17)18)14(4-2)8-6-5-7-9-14/h3-9H2,1-2H3,(H,15,16)(H,17,18). The van der Waals surface area contributed by atoms with Gasteiger partial charge in [0.15, 0.2) is 0 Å². The van der Waals surface area contributed by atoms with E-state index in [-0.39, 0.29) is 5.41 Å². The number of hydrogen-bond donors (Lipinski definition) is 2. The van der Waals surface area contributed by atoms with Crippen molar-refractivity contribution >= 4 is 11.9 Å². The highest BCUT2D eigenvalue weighted by atomic mass is 16.4. The SMILES string of the molecule is CCC(=C(C(=O)O)C(=O)O)C1(CC)CCCCC1. The van der Waals surface area contributed by atoms with Crippen LogP contribution < -0.4 is 0 Å². The Balaban J connectivity index is 3.31. The molecule has 0 aromatic rings. The molecule has 0 heterocycles. The lowest BCUT2D eigenvalue weighted by molar-refractivity contribution is -0.140. The maximum atomic E-state index is 11.2. The predicted molar refractivity (Wildman–Crippen MR) is 68.4 cm³/mol. The number of aliphatic carboxylic acids is 2. The van der Waals surface area contributed by atoms with Crippen molar-refractivity contribution in [3.05, 3.63) is 11.1 Å². The fourth-order valence-electron chi connectivity index (χ4n) is 3.26. The van der Waals surface area contributed by atoms with E-state index in [1.807, 2.05) is 13.8 Å². The second kappa shape index (κ2) is 6.03.